The lowest BCUT2D eigenvalue weighted by Crippen LogP contribution is -2.30. The Morgan fingerprint density at radius 3 is 2.47 bits per heavy atom. The summed E-state index contributed by atoms with van der Waals surface area (Å²) in [4.78, 5) is 22.4. The number of anilines is 1. The van der Waals surface area contributed by atoms with Gasteiger partial charge in [0.15, 0.2) is 6.10 Å². The number of amides is 1. The van der Waals surface area contributed by atoms with Crippen molar-refractivity contribution in [2.24, 2.45) is 5.73 Å². The highest BCUT2D eigenvalue weighted by atomic mass is 35.5. The van der Waals surface area contributed by atoms with E-state index < -0.39 is 18.0 Å². The second-order valence-electron chi connectivity index (χ2n) is 3.30. The number of nitrogens with two attached hydrogens (primary N) is 2. The number of halogens is 2. The van der Waals surface area contributed by atoms with Crippen molar-refractivity contribution >= 4 is 40.8 Å². The zero-order valence-electron chi connectivity index (χ0n) is 8.87. The summed E-state index contributed by atoms with van der Waals surface area (Å²) in [5, 5.41) is 0.374. The Hall–Kier alpha value is -1.46. The molecule has 0 radical (unpaired) electrons. The van der Waals surface area contributed by atoms with E-state index in [-0.39, 0.29) is 21.3 Å². The smallest absolute Gasteiger partial charge is 0.341 e. The molecule has 5 nitrogen and oxygen atoms in total. The maximum absolute atomic E-state index is 11.7. The molecule has 7 heteroatoms. The fraction of sp³-hybridized carbons (Fsp3) is 0.200. The summed E-state index contributed by atoms with van der Waals surface area (Å²) in [6.07, 6.45) is -1.06. The molecule has 17 heavy (non-hydrogen) atoms. The van der Waals surface area contributed by atoms with E-state index in [1.165, 1.54) is 19.1 Å². The Balaban J connectivity index is 3.01. The van der Waals surface area contributed by atoms with Gasteiger partial charge in [-0.25, -0.2) is 4.79 Å². The van der Waals surface area contributed by atoms with Crippen LogP contribution in [0.15, 0.2) is 12.1 Å². The average Bonchev–Trinajstić information content (AvgIpc) is 2.22. The van der Waals surface area contributed by atoms with Crippen LogP contribution in [0.3, 0.4) is 0 Å². The van der Waals surface area contributed by atoms with Crippen molar-refractivity contribution in [3.05, 3.63) is 27.7 Å². The van der Waals surface area contributed by atoms with Gasteiger partial charge < -0.3 is 16.2 Å². The molecule has 92 valence electrons. The number of carbonyl (C=O) groups excluding carboxylic acids is 2. The topological polar surface area (TPSA) is 95.4 Å². The van der Waals surface area contributed by atoms with Crippen molar-refractivity contribution in [2.45, 2.75) is 13.0 Å². The molecule has 1 rings (SSSR count). The van der Waals surface area contributed by atoms with Gasteiger partial charge in [-0.15, -0.1) is 0 Å². The van der Waals surface area contributed by atoms with Crippen molar-refractivity contribution in [1.29, 1.82) is 0 Å². The van der Waals surface area contributed by atoms with Gasteiger partial charge in [0.1, 0.15) is 0 Å². The lowest BCUT2D eigenvalue weighted by atomic mass is 10.2. The first-order valence-electron chi connectivity index (χ1n) is 4.57. The first kappa shape index (κ1) is 13.6. The Bertz CT molecular complexity index is 477. The van der Waals surface area contributed by atoms with E-state index in [1.54, 1.807) is 0 Å². The third-order valence-electron chi connectivity index (χ3n) is 2.00. The summed E-state index contributed by atoms with van der Waals surface area (Å²) in [7, 11) is 0. The molecule has 1 aromatic carbocycles. The number of esters is 1. The predicted molar refractivity (Wildman–Crippen MR) is 64.9 cm³/mol. The standard InChI is InChI=1S/C10H10Cl2N2O3/c1-4(9(14)15)17-10(16)6-2-5(11)3-7(12)8(6)13/h2-4H,13H2,1H3,(H2,14,15)/t4-/m0/s1. The fourth-order valence-electron chi connectivity index (χ4n) is 1.04. The Kier molecular flexibility index (Phi) is 4.20. The van der Waals surface area contributed by atoms with Crippen molar-refractivity contribution in [1.82, 2.24) is 0 Å². The van der Waals surface area contributed by atoms with Gasteiger partial charge in [0.2, 0.25) is 0 Å². The second-order valence-corrected chi connectivity index (χ2v) is 4.14. The number of nitrogen functional groups attached to an aromatic ring is 1. The van der Waals surface area contributed by atoms with E-state index in [9.17, 15) is 9.59 Å². The Labute approximate surface area is 108 Å². The summed E-state index contributed by atoms with van der Waals surface area (Å²) >= 11 is 11.5. The lowest BCUT2D eigenvalue weighted by molar-refractivity contribution is -0.125. The molecule has 0 heterocycles. The van der Waals surface area contributed by atoms with Crippen LogP contribution in [0.5, 0.6) is 0 Å². The van der Waals surface area contributed by atoms with Crippen LogP contribution in [-0.2, 0) is 9.53 Å². The maximum atomic E-state index is 11.7. The number of hydrogen-bond acceptors (Lipinski definition) is 4. The molecule has 0 aliphatic rings. The van der Waals surface area contributed by atoms with Crippen molar-refractivity contribution in [3.63, 3.8) is 0 Å². The lowest BCUT2D eigenvalue weighted by Gasteiger charge is -2.11. The first-order valence-corrected chi connectivity index (χ1v) is 5.33. The number of ether oxygens (including phenoxy) is 1. The van der Waals surface area contributed by atoms with Gasteiger partial charge in [0.05, 0.1) is 16.3 Å². The fourth-order valence-corrected chi connectivity index (χ4v) is 1.53. The van der Waals surface area contributed by atoms with Crippen LogP contribution in [0, 0.1) is 0 Å². The van der Waals surface area contributed by atoms with Gasteiger partial charge >= 0.3 is 5.97 Å². The van der Waals surface area contributed by atoms with Crippen LogP contribution in [0.25, 0.3) is 0 Å². The summed E-state index contributed by atoms with van der Waals surface area (Å²) in [6, 6.07) is 2.70. The van der Waals surface area contributed by atoms with Gasteiger partial charge in [-0.3, -0.25) is 4.79 Å². The number of primary amides is 1. The highest BCUT2D eigenvalue weighted by molar-refractivity contribution is 6.37. The molecule has 0 aliphatic carbocycles. The van der Waals surface area contributed by atoms with Crippen LogP contribution in [0.2, 0.25) is 10.0 Å². The molecular weight excluding hydrogens is 267 g/mol. The third-order valence-corrected chi connectivity index (χ3v) is 2.53. The normalized spacial score (nSPS) is 11.9. The van der Waals surface area contributed by atoms with Crippen LogP contribution in [0.4, 0.5) is 5.69 Å². The average molecular weight is 277 g/mol. The van der Waals surface area contributed by atoms with Crippen molar-refractivity contribution in [3.8, 4) is 0 Å². The van der Waals surface area contributed by atoms with E-state index in [1.807, 2.05) is 0 Å². The minimum Gasteiger partial charge on any atom is -0.449 e. The van der Waals surface area contributed by atoms with Gasteiger partial charge in [-0.2, -0.15) is 0 Å². The van der Waals surface area contributed by atoms with Crippen LogP contribution >= 0.6 is 23.2 Å². The minimum absolute atomic E-state index is 0.00407. The van der Waals surface area contributed by atoms with E-state index >= 15 is 0 Å². The Morgan fingerprint density at radius 1 is 1.35 bits per heavy atom. The largest absolute Gasteiger partial charge is 0.449 e. The molecular formula is C10H10Cl2N2O3. The van der Waals surface area contributed by atoms with E-state index in [0.717, 1.165) is 0 Å². The molecule has 0 bridgehead atoms. The molecule has 0 aromatic heterocycles. The molecule has 4 N–H and O–H groups in total. The van der Waals surface area contributed by atoms with E-state index in [0.29, 0.717) is 0 Å². The molecule has 0 unspecified atom stereocenters. The summed E-state index contributed by atoms with van der Waals surface area (Å²) in [6.45, 7) is 1.35. The van der Waals surface area contributed by atoms with Crippen molar-refractivity contribution in [2.75, 3.05) is 5.73 Å². The van der Waals surface area contributed by atoms with Crippen LogP contribution in [-0.4, -0.2) is 18.0 Å². The zero-order valence-corrected chi connectivity index (χ0v) is 10.4. The van der Waals surface area contributed by atoms with Gasteiger partial charge in [-0.1, -0.05) is 23.2 Å². The number of carbonyl (C=O) groups is 2. The highest BCUT2D eigenvalue weighted by Gasteiger charge is 2.19. The Morgan fingerprint density at radius 2 is 1.94 bits per heavy atom. The van der Waals surface area contributed by atoms with Gasteiger partial charge in [0, 0.05) is 5.02 Å². The van der Waals surface area contributed by atoms with E-state index in [2.05, 4.69) is 0 Å². The highest BCUT2D eigenvalue weighted by Crippen LogP contribution is 2.28. The molecule has 0 spiro atoms. The molecule has 0 saturated heterocycles. The molecule has 0 fully saturated rings. The van der Waals surface area contributed by atoms with Gasteiger partial charge in [0.25, 0.3) is 5.91 Å². The monoisotopic (exact) mass is 276 g/mol. The van der Waals surface area contributed by atoms with Gasteiger partial charge in [-0.05, 0) is 19.1 Å². The quantitative estimate of drug-likeness (QED) is 0.648. The number of benzene rings is 1. The summed E-state index contributed by atoms with van der Waals surface area (Å²) in [5.74, 6) is -1.57. The van der Waals surface area contributed by atoms with Crippen LogP contribution in [0.1, 0.15) is 17.3 Å². The van der Waals surface area contributed by atoms with Crippen molar-refractivity contribution < 1.29 is 14.3 Å². The molecule has 0 aliphatic heterocycles. The summed E-state index contributed by atoms with van der Waals surface area (Å²) in [5.41, 5.74) is 10.6. The predicted octanol–water partition coefficient (Wildman–Crippen LogP) is 1.61. The molecule has 0 saturated carbocycles. The molecule has 1 amide bonds. The minimum atomic E-state index is -1.06. The van der Waals surface area contributed by atoms with E-state index in [4.69, 9.17) is 39.4 Å². The second kappa shape index (κ2) is 5.25. The number of rotatable bonds is 3. The number of hydrogen-bond donors (Lipinski definition) is 2. The molecule has 1 aromatic rings. The first-order chi connectivity index (χ1) is 7.82. The SMILES string of the molecule is C[C@H](OC(=O)c1cc(Cl)cc(Cl)c1N)C(N)=O. The molecule has 1 atom stereocenters. The maximum Gasteiger partial charge on any atom is 0.341 e. The summed E-state index contributed by atoms with van der Waals surface area (Å²) < 4.78 is 4.78. The zero-order chi connectivity index (χ0) is 13.2. The van der Waals surface area contributed by atoms with Crippen LogP contribution < -0.4 is 11.5 Å². The third kappa shape index (κ3) is 3.25.